The molecule has 158 valence electrons. The molecule has 1 aromatic rings. The smallest absolute Gasteiger partial charge is 0.254 e. The lowest BCUT2D eigenvalue weighted by molar-refractivity contribution is -0.134. The Labute approximate surface area is 172 Å². The summed E-state index contributed by atoms with van der Waals surface area (Å²) >= 11 is 0. The van der Waals surface area contributed by atoms with Gasteiger partial charge >= 0.3 is 0 Å². The van der Waals surface area contributed by atoms with Gasteiger partial charge in [0.15, 0.2) is 0 Å². The predicted molar refractivity (Wildman–Crippen MR) is 110 cm³/mol. The fraction of sp³-hybridized carbons (Fsp3) is 0.652. The van der Waals surface area contributed by atoms with E-state index in [1.807, 2.05) is 34.1 Å². The van der Waals surface area contributed by atoms with E-state index in [1.165, 1.54) is 0 Å². The van der Waals surface area contributed by atoms with Crippen molar-refractivity contribution in [3.63, 3.8) is 0 Å². The average molecular weight is 401 g/mol. The number of aliphatic hydroxyl groups excluding tert-OH is 1. The number of aliphatic hydroxyl groups is 1. The molecular weight excluding hydrogens is 368 g/mol. The van der Waals surface area contributed by atoms with Gasteiger partial charge in [-0.1, -0.05) is 0 Å². The summed E-state index contributed by atoms with van der Waals surface area (Å²) in [6.45, 7) is 2.43. The van der Waals surface area contributed by atoms with E-state index in [0.717, 1.165) is 70.3 Å². The van der Waals surface area contributed by atoms with Crippen LogP contribution in [0.2, 0.25) is 0 Å². The molecule has 2 saturated heterocycles. The predicted octanol–water partition coefficient (Wildman–Crippen LogP) is 2.84. The van der Waals surface area contributed by atoms with Crippen LogP contribution < -0.4 is 4.74 Å². The largest absolute Gasteiger partial charge is 0.490 e. The highest BCUT2D eigenvalue weighted by Crippen LogP contribution is 2.32. The van der Waals surface area contributed by atoms with Gasteiger partial charge in [-0.2, -0.15) is 0 Å². The van der Waals surface area contributed by atoms with E-state index >= 15 is 0 Å². The lowest BCUT2D eigenvalue weighted by Gasteiger charge is -2.35. The molecule has 6 heteroatoms. The second kappa shape index (κ2) is 9.16. The summed E-state index contributed by atoms with van der Waals surface area (Å²) in [5, 5.41) is 9.28. The van der Waals surface area contributed by atoms with Crippen LogP contribution in [0.15, 0.2) is 24.3 Å². The normalized spacial score (nSPS) is 23.1. The molecule has 1 unspecified atom stereocenters. The third-order valence-corrected chi connectivity index (χ3v) is 6.43. The molecule has 2 heterocycles. The van der Waals surface area contributed by atoms with Crippen LogP contribution in [0.3, 0.4) is 0 Å². The zero-order valence-corrected chi connectivity index (χ0v) is 17.1. The van der Waals surface area contributed by atoms with Gasteiger partial charge in [0.2, 0.25) is 5.91 Å². The van der Waals surface area contributed by atoms with E-state index in [1.54, 1.807) is 0 Å². The van der Waals surface area contributed by atoms with Gasteiger partial charge in [-0.25, -0.2) is 0 Å². The van der Waals surface area contributed by atoms with Crippen LogP contribution in [0.1, 0.15) is 61.7 Å². The summed E-state index contributed by atoms with van der Waals surface area (Å²) in [5.41, 5.74) is 0.673. The van der Waals surface area contributed by atoms with Gasteiger partial charge in [-0.15, -0.1) is 0 Å². The minimum absolute atomic E-state index is 0.0431. The molecule has 0 aromatic heterocycles. The van der Waals surface area contributed by atoms with Crippen molar-refractivity contribution in [3.8, 4) is 5.75 Å². The van der Waals surface area contributed by atoms with Crippen molar-refractivity contribution in [2.45, 2.75) is 63.5 Å². The fourth-order valence-electron chi connectivity index (χ4n) is 4.53. The number of benzene rings is 1. The topological polar surface area (TPSA) is 70.1 Å². The third-order valence-electron chi connectivity index (χ3n) is 6.43. The molecule has 6 nitrogen and oxygen atoms in total. The quantitative estimate of drug-likeness (QED) is 0.797. The van der Waals surface area contributed by atoms with Crippen molar-refractivity contribution in [2.24, 2.45) is 5.92 Å². The van der Waals surface area contributed by atoms with Crippen LogP contribution in [0.4, 0.5) is 0 Å². The van der Waals surface area contributed by atoms with Crippen LogP contribution in [0, 0.1) is 5.92 Å². The first kappa shape index (κ1) is 20.2. The van der Waals surface area contributed by atoms with Gasteiger partial charge < -0.3 is 19.6 Å². The van der Waals surface area contributed by atoms with Crippen molar-refractivity contribution in [2.75, 3.05) is 26.2 Å². The third kappa shape index (κ3) is 4.92. The van der Waals surface area contributed by atoms with E-state index in [2.05, 4.69) is 0 Å². The SMILES string of the molecule is O=C(C1CC1)N1CCC(Oc2ccc(C(=O)N3CCCCC3CCO)cc2)CC1. The lowest BCUT2D eigenvalue weighted by Crippen LogP contribution is -2.44. The van der Waals surface area contributed by atoms with Gasteiger partial charge in [0.25, 0.3) is 5.91 Å². The number of likely N-dealkylation sites (tertiary alicyclic amines) is 2. The maximum Gasteiger partial charge on any atom is 0.254 e. The molecular formula is C23H32N2O4. The second-order valence-corrected chi connectivity index (χ2v) is 8.60. The first-order valence-corrected chi connectivity index (χ1v) is 11.1. The number of nitrogens with zero attached hydrogens (tertiary/aromatic N) is 2. The number of ether oxygens (including phenoxy) is 1. The van der Waals surface area contributed by atoms with Gasteiger partial charge in [0, 0.05) is 56.6 Å². The molecule has 1 aliphatic carbocycles. The van der Waals surface area contributed by atoms with Gasteiger partial charge in [0.05, 0.1) is 0 Å². The maximum atomic E-state index is 12.9. The molecule has 3 fully saturated rings. The summed E-state index contributed by atoms with van der Waals surface area (Å²) in [7, 11) is 0. The van der Waals surface area contributed by atoms with Gasteiger partial charge in [0.1, 0.15) is 11.9 Å². The Morgan fingerprint density at radius 1 is 0.966 bits per heavy atom. The van der Waals surface area contributed by atoms with Crippen LogP contribution in [-0.2, 0) is 4.79 Å². The zero-order chi connectivity index (χ0) is 20.2. The van der Waals surface area contributed by atoms with E-state index in [9.17, 15) is 14.7 Å². The van der Waals surface area contributed by atoms with E-state index in [-0.39, 0.29) is 30.6 Å². The molecule has 1 N–H and O–H groups in total. The highest BCUT2D eigenvalue weighted by molar-refractivity contribution is 5.94. The van der Waals surface area contributed by atoms with Crippen molar-refractivity contribution in [1.29, 1.82) is 0 Å². The molecule has 2 aliphatic heterocycles. The summed E-state index contributed by atoms with van der Waals surface area (Å²) < 4.78 is 6.10. The standard InChI is InChI=1S/C23H32N2O4/c26-16-12-19-3-1-2-13-25(19)23(28)18-6-8-20(9-7-18)29-21-10-14-24(15-11-21)22(27)17-4-5-17/h6-9,17,19,21,26H,1-5,10-16H2. The van der Waals surface area contributed by atoms with Crippen molar-refractivity contribution in [1.82, 2.24) is 9.80 Å². The van der Waals surface area contributed by atoms with Crippen LogP contribution in [0.25, 0.3) is 0 Å². The number of carbonyl (C=O) groups excluding carboxylic acids is 2. The molecule has 1 aromatic carbocycles. The van der Waals surface area contributed by atoms with Crippen LogP contribution in [0.5, 0.6) is 5.75 Å². The van der Waals surface area contributed by atoms with Crippen LogP contribution >= 0.6 is 0 Å². The summed E-state index contributed by atoms with van der Waals surface area (Å²) in [5.74, 6) is 1.43. The fourth-order valence-corrected chi connectivity index (χ4v) is 4.53. The maximum absolute atomic E-state index is 12.9. The number of carbonyl (C=O) groups is 2. The van der Waals surface area contributed by atoms with E-state index < -0.39 is 0 Å². The molecule has 0 radical (unpaired) electrons. The molecule has 1 atom stereocenters. The Morgan fingerprint density at radius 2 is 1.69 bits per heavy atom. The minimum Gasteiger partial charge on any atom is -0.490 e. The summed E-state index contributed by atoms with van der Waals surface area (Å²) in [6.07, 6.45) is 7.70. The van der Waals surface area contributed by atoms with E-state index in [4.69, 9.17) is 4.74 Å². The Balaban J connectivity index is 1.30. The monoisotopic (exact) mass is 400 g/mol. The summed E-state index contributed by atoms with van der Waals surface area (Å²) in [6, 6.07) is 7.57. The lowest BCUT2D eigenvalue weighted by atomic mass is 9.98. The molecule has 29 heavy (non-hydrogen) atoms. The first-order valence-electron chi connectivity index (χ1n) is 11.1. The number of piperidine rings is 2. The highest BCUT2D eigenvalue weighted by atomic mass is 16.5. The van der Waals surface area contributed by atoms with Crippen molar-refractivity contribution >= 4 is 11.8 Å². The number of hydrogen-bond acceptors (Lipinski definition) is 4. The zero-order valence-electron chi connectivity index (χ0n) is 17.1. The molecule has 0 spiro atoms. The summed E-state index contributed by atoms with van der Waals surface area (Å²) in [4.78, 5) is 29.0. The van der Waals surface area contributed by atoms with Crippen molar-refractivity contribution < 1.29 is 19.4 Å². The first-order chi connectivity index (χ1) is 14.2. The molecule has 2 amide bonds. The number of amides is 2. The van der Waals surface area contributed by atoms with E-state index in [0.29, 0.717) is 17.9 Å². The van der Waals surface area contributed by atoms with Gasteiger partial charge in [-0.05, 0) is 62.8 Å². The number of rotatable bonds is 6. The molecule has 4 rings (SSSR count). The Kier molecular flexibility index (Phi) is 6.38. The Hall–Kier alpha value is -2.08. The van der Waals surface area contributed by atoms with Crippen LogP contribution in [-0.4, -0.2) is 65.1 Å². The highest BCUT2D eigenvalue weighted by Gasteiger charge is 2.35. The van der Waals surface area contributed by atoms with Gasteiger partial charge in [-0.3, -0.25) is 9.59 Å². The van der Waals surface area contributed by atoms with Crippen molar-refractivity contribution in [3.05, 3.63) is 29.8 Å². The second-order valence-electron chi connectivity index (χ2n) is 8.60. The molecule has 1 saturated carbocycles. The molecule has 3 aliphatic rings. The Morgan fingerprint density at radius 3 is 2.34 bits per heavy atom. The molecule has 0 bridgehead atoms. The number of hydrogen-bond donors (Lipinski definition) is 1. The average Bonchev–Trinajstić information content (AvgIpc) is 3.60. The Bertz CT molecular complexity index is 706. The minimum atomic E-state index is 0.0431.